The highest BCUT2D eigenvalue weighted by Crippen LogP contribution is 2.09. The number of hydrazine groups is 1. The van der Waals surface area contributed by atoms with Gasteiger partial charge >= 0.3 is 0 Å². The fourth-order valence-corrected chi connectivity index (χ4v) is 2.00. The average molecular weight is 334 g/mol. The van der Waals surface area contributed by atoms with E-state index in [4.69, 9.17) is 23.8 Å². The SMILES string of the molecule is CN(NC(=O)c1ccc(Cl)cc1)C(=S)NCc1ccccc1. The fourth-order valence-electron chi connectivity index (χ4n) is 1.76. The summed E-state index contributed by atoms with van der Waals surface area (Å²) < 4.78 is 0. The van der Waals surface area contributed by atoms with Crippen molar-refractivity contribution in [3.05, 3.63) is 70.7 Å². The van der Waals surface area contributed by atoms with Gasteiger partial charge in [0.1, 0.15) is 0 Å². The molecule has 0 spiro atoms. The second-order valence-electron chi connectivity index (χ2n) is 4.65. The van der Waals surface area contributed by atoms with Crippen molar-refractivity contribution >= 4 is 34.8 Å². The predicted molar refractivity (Wildman–Crippen MR) is 92.6 cm³/mol. The number of hydrogen-bond acceptors (Lipinski definition) is 2. The molecule has 2 N–H and O–H groups in total. The minimum absolute atomic E-state index is 0.247. The third-order valence-electron chi connectivity index (χ3n) is 2.97. The maximum Gasteiger partial charge on any atom is 0.269 e. The highest BCUT2D eigenvalue weighted by Gasteiger charge is 2.10. The molecule has 0 bridgehead atoms. The maximum atomic E-state index is 12.1. The Balaban J connectivity index is 1.85. The predicted octanol–water partition coefficient (Wildman–Crippen LogP) is 2.99. The van der Waals surface area contributed by atoms with E-state index in [1.165, 1.54) is 5.01 Å². The molecular weight excluding hydrogens is 318 g/mol. The first-order valence-corrected chi connectivity index (χ1v) is 7.47. The molecule has 0 saturated heterocycles. The molecule has 22 heavy (non-hydrogen) atoms. The molecule has 0 aromatic heterocycles. The van der Waals surface area contributed by atoms with Crippen molar-refractivity contribution in [3.8, 4) is 0 Å². The molecule has 0 atom stereocenters. The number of nitrogens with zero attached hydrogens (tertiary/aromatic N) is 1. The molecular formula is C16H16ClN3OS. The van der Waals surface area contributed by atoms with Gasteiger partial charge in [-0.2, -0.15) is 0 Å². The molecule has 114 valence electrons. The third kappa shape index (κ3) is 4.72. The van der Waals surface area contributed by atoms with Gasteiger partial charge < -0.3 is 5.32 Å². The molecule has 2 aromatic carbocycles. The second kappa shape index (κ2) is 7.77. The van der Waals surface area contributed by atoms with Crippen LogP contribution in [0.1, 0.15) is 15.9 Å². The minimum atomic E-state index is -0.247. The molecule has 0 fully saturated rings. The van der Waals surface area contributed by atoms with E-state index >= 15 is 0 Å². The lowest BCUT2D eigenvalue weighted by atomic mass is 10.2. The zero-order valence-electron chi connectivity index (χ0n) is 12.0. The summed E-state index contributed by atoms with van der Waals surface area (Å²) >= 11 is 11.0. The standard InChI is InChI=1S/C16H16ClN3OS/c1-20(16(22)18-11-12-5-3-2-4-6-12)19-15(21)13-7-9-14(17)10-8-13/h2-10H,11H2,1H3,(H,18,22)(H,19,21). The highest BCUT2D eigenvalue weighted by atomic mass is 35.5. The van der Waals surface area contributed by atoms with Crippen LogP contribution in [0.3, 0.4) is 0 Å². The van der Waals surface area contributed by atoms with E-state index in [0.29, 0.717) is 22.2 Å². The molecule has 1 amide bonds. The summed E-state index contributed by atoms with van der Waals surface area (Å²) in [6, 6.07) is 16.5. The number of rotatable bonds is 3. The summed E-state index contributed by atoms with van der Waals surface area (Å²) in [6.07, 6.45) is 0. The van der Waals surface area contributed by atoms with E-state index in [0.717, 1.165) is 5.56 Å². The van der Waals surface area contributed by atoms with Crippen molar-refractivity contribution in [2.45, 2.75) is 6.54 Å². The largest absolute Gasteiger partial charge is 0.357 e. The Hall–Kier alpha value is -2.11. The number of carbonyl (C=O) groups is 1. The number of benzene rings is 2. The van der Waals surface area contributed by atoms with Crippen LogP contribution in [-0.4, -0.2) is 23.1 Å². The lowest BCUT2D eigenvalue weighted by Gasteiger charge is -2.21. The number of halogens is 1. The van der Waals surface area contributed by atoms with E-state index in [9.17, 15) is 4.79 Å². The van der Waals surface area contributed by atoms with Crippen molar-refractivity contribution in [2.24, 2.45) is 0 Å². The van der Waals surface area contributed by atoms with Gasteiger partial charge in [-0.05, 0) is 42.0 Å². The molecule has 0 aliphatic rings. The van der Waals surface area contributed by atoms with Crippen molar-refractivity contribution in [1.82, 2.24) is 15.8 Å². The van der Waals surface area contributed by atoms with Gasteiger partial charge in [-0.1, -0.05) is 41.9 Å². The molecule has 2 aromatic rings. The van der Waals surface area contributed by atoms with Gasteiger partial charge in [0.2, 0.25) is 0 Å². The van der Waals surface area contributed by atoms with Crippen molar-refractivity contribution < 1.29 is 4.79 Å². The summed E-state index contributed by atoms with van der Waals surface area (Å²) in [6.45, 7) is 0.598. The molecule has 0 heterocycles. The van der Waals surface area contributed by atoms with Crippen molar-refractivity contribution in [2.75, 3.05) is 7.05 Å². The summed E-state index contributed by atoms with van der Waals surface area (Å²) in [4.78, 5) is 12.1. The van der Waals surface area contributed by atoms with Crippen molar-refractivity contribution in [1.29, 1.82) is 0 Å². The van der Waals surface area contributed by atoms with Gasteiger partial charge in [-0.15, -0.1) is 0 Å². The van der Waals surface area contributed by atoms with Crippen LogP contribution in [-0.2, 0) is 6.54 Å². The molecule has 6 heteroatoms. The van der Waals surface area contributed by atoms with Gasteiger partial charge in [0.05, 0.1) is 0 Å². The Labute approximate surface area is 140 Å². The van der Waals surface area contributed by atoms with E-state index < -0.39 is 0 Å². The minimum Gasteiger partial charge on any atom is -0.357 e. The average Bonchev–Trinajstić information content (AvgIpc) is 2.54. The zero-order chi connectivity index (χ0) is 15.9. The molecule has 0 aliphatic carbocycles. The lowest BCUT2D eigenvalue weighted by Crippen LogP contribution is -2.47. The van der Waals surface area contributed by atoms with Crippen LogP contribution in [0.4, 0.5) is 0 Å². The summed E-state index contributed by atoms with van der Waals surface area (Å²) in [7, 11) is 1.69. The van der Waals surface area contributed by atoms with Crippen LogP contribution in [0.25, 0.3) is 0 Å². The summed E-state index contributed by atoms with van der Waals surface area (Å²) in [5, 5.41) is 5.59. The molecule has 2 rings (SSSR count). The first-order valence-electron chi connectivity index (χ1n) is 6.68. The molecule has 0 radical (unpaired) electrons. The summed E-state index contributed by atoms with van der Waals surface area (Å²) in [5.74, 6) is -0.247. The second-order valence-corrected chi connectivity index (χ2v) is 5.47. The van der Waals surface area contributed by atoms with Gasteiger partial charge in [0.15, 0.2) is 5.11 Å². The van der Waals surface area contributed by atoms with Gasteiger partial charge in [-0.25, -0.2) is 0 Å². The van der Waals surface area contributed by atoms with E-state index in [-0.39, 0.29) is 5.91 Å². The molecule has 0 saturated carbocycles. The maximum absolute atomic E-state index is 12.1. The third-order valence-corrected chi connectivity index (χ3v) is 3.64. The van der Waals surface area contributed by atoms with E-state index in [2.05, 4.69) is 10.7 Å². The number of thiocarbonyl (C=S) groups is 1. The normalized spacial score (nSPS) is 9.91. The monoisotopic (exact) mass is 333 g/mol. The number of hydrogen-bond donors (Lipinski definition) is 2. The highest BCUT2D eigenvalue weighted by molar-refractivity contribution is 7.80. The van der Waals surface area contributed by atoms with Crippen molar-refractivity contribution in [3.63, 3.8) is 0 Å². The van der Waals surface area contributed by atoms with Crippen LogP contribution >= 0.6 is 23.8 Å². The molecule has 0 aliphatic heterocycles. The smallest absolute Gasteiger partial charge is 0.269 e. The van der Waals surface area contributed by atoms with Gasteiger partial charge in [0, 0.05) is 24.2 Å². The van der Waals surface area contributed by atoms with Crippen LogP contribution < -0.4 is 10.7 Å². The Morgan fingerprint density at radius 2 is 1.77 bits per heavy atom. The van der Waals surface area contributed by atoms with Crippen LogP contribution in [0.5, 0.6) is 0 Å². The van der Waals surface area contributed by atoms with Crippen LogP contribution in [0.2, 0.25) is 5.02 Å². The Kier molecular flexibility index (Phi) is 5.75. The molecule has 0 unspecified atom stereocenters. The Bertz CT molecular complexity index is 646. The summed E-state index contributed by atoms with van der Waals surface area (Å²) in [5.41, 5.74) is 4.33. The molecule has 4 nitrogen and oxygen atoms in total. The van der Waals surface area contributed by atoms with E-state index in [1.807, 2.05) is 30.3 Å². The Morgan fingerprint density at radius 3 is 2.41 bits per heavy atom. The lowest BCUT2D eigenvalue weighted by molar-refractivity contribution is 0.0886. The topological polar surface area (TPSA) is 44.4 Å². The first kappa shape index (κ1) is 16.3. The van der Waals surface area contributed by atoms with Gasteiger partial charge in [-0.3, -0.25) is 15.2 Å². The number of amides is 1. The van der Waals surface area contributed by atoms with Gasteiger partial charge in [0.25, 0.3) is 5.91 Å². The number of nitrogens with one attached hydrogen (secondary N) is 2. The quantitative estimate of drug-likeness (QED) is 0.669. The van der Waals surface area contributed by atoms with E-state index in [1.54, 1.807) is 31.3 Å². The zero-order valence-corrected chi connectivity index (χ0v) is 13.6. The van der Waals surface area contributed by atoms with Crippen LogP contribution in [0.15, 0.2) is 54.6 Å². The van der Waals surface area contributed by atoms with Crippen LogP contribution in [0, 0.1) is 0 Å². The first-order chi connectivity index (χ1) is 10.6. The number of carbonyl (C=O) groups excluding carboxylic acids is 1. The Morgan fingerprint density at radius 1 is 1.14 bits per heavy atom. The fraction of sp³-hybridized carbons (Fsp3) is 0.125.